The van der Waals surface area contributed by atoms with Gasteiger partial charge >= 0.3 is 238 Å². The summed E-state index contributed by atoms with van der Waals surface area (Å²) in [6.45, 7) is 6.39. The van der Waals surface area contributed by atoms with Gasteiger partial charge in [-0.3, -0.25) is 19.2 Å². The quantitative estimate of drug-likeness (QED) is 0.0318. The Balaban J connectivity index is 1.81. The van der Waals surface area contributed by atoms with E-state index in [1.165, 1.54) is 0 Å². The maximum absolute atomic E-state index is 12.9. The third kappa shape index (κ3) is 22.9. The third-order valence-corrected chi connectivity index (χ3v) is 15.6. The molecule has 0 bridgehead atoms. The number of carbonyl (C=O) groups is 6. The van der Waals surface area contributed by atoms with E-state index in [4.69, 9.17) is 22.9 Å². The molecule has 0 fully saturated rings. The zero-order valence-electron chi connectivity index (χ0n) is 33.2. The van der Waals surface area contributed by atoms with E-state index in [0.29, 0.717) is 116 Å². The van der Waals surface area contributed by atoms with Crippen LogP contribution in [-0.4, -0.2) is 176 Å². The summed E-state index contributed by atoms with van der Waals surface area (Å²) in [5.74, 6) is -0.890. The summed E-state index contributed by atoms with van der Waals surface area (Å²) < 4.78 is 2.30. The van der Waals surface area contributed by atoms with Crippen molar-refractivity contribution < 1.29 is 28.8 Å². The molecular formula is C38H62N12O6Se2. The Morgan fingerprint density at radius 1 is 0.397 bits per heavy atom. The Bertz CT molecular complexity index is 1380. The molecule has 0 aromatic heterocycles. The summed E-state index contributed by atoms with van der Waals surface area (Å²) in [6, 6.07) is 15.1. The summed E-state index contributed by atoms with van der Waals surface area (Å²) in [7, 11) is 0. The van der Waals surface area contributed by atoms with Crippen LogP contribution < -0.4 is 63.8 Å². The number of nitrogens with one attached hydrogen (secondary N) is 6. The van der Waals surface area contributed by atoms with Crippen LogP contribution in [0.15, 0.2) is 48.5 Å². The summed E-state index contributed by atoms with van der Waals surface area (Å²) in [5, 5.41) is 16.9. The van der Waals surface area contributed by atoms with Gasteiger partial charge in [-0.25, -0.2) is 0 Å². The molecule has 0 aliphatic rings. The van der Waals surface area contributed by atoms with E-state index >= 15 is 0 Å². The molecule has 0 spiro atoms. The van der Waals surface area contributed by atoms with E-state index in [9.17, 15) is 28.8 Å². The average Bonchev–Trinajstić information content (AvgIpc) is 3.24. The van der Waals surface area contributed by atoms with E-state index in [1.54, 1.807) is 0 Å². The van der Waals surface area contributed by atoms with Gasteiger partial charge < -0.3 is 44.2 Å². The number of amides is 6. The number of hydrogen-bond acceptors (Lipinski definition) is 12. The van der Waals surface area contributed by atoms with Crippen LogP contribution in [-0.2, 0) is 19.2 Å². The van der Waals surface area contributed by atoms with Gasteiger partial charge in [0.25, 0.3) is 0 Å². The molecule has 20 heteroatoms. The molecule has 6 amide bonds. The van der Waals surface area contributed by atoms with Crippen molar-refractivity contribution in [3.05, 3.63) is 59.7 Å². The van der Waals surface area contributed by atoms with Crippen LogP contribution in [0.1, 0.15) is 46.4 Å². The second kappa shape index (κ2) is 31.0. The molecule has 0 saturated heterocycles. The minimum absolute atomic E-state index is 0.120. The van der Waals surface area contributed by atoms with Crippen LogP contribution in [0.2, 0.25) is 0 Å². The van der Waals surface area contributed by atoms with Gasteiger partial charge in [0.15, 0.2) is 0 Å². The number of hydrogen-bond donors (Lipinski definition) is 10. The first-order chi connectivity index (χ1) is 28.1. The molecule has 0 saturated carbocycles. The first-order valence-electron chi connectivity index (χ1n) is 19.5. The van der Waals surface area contributed by atoms with Gasteiger partial charge in [0.1, 0.15) is 0 Å². The van der Waals surface area contributed by atoms with Crippen molar-refractivity contribution in [3.8, 4) is 0 Å². The van der Waals surface area contributed by atoms with E-state index in [2.05, 4.69) is 31.9 Å². The van der Waals surface area contributed by atoms with E-state index in [0.717, 1.165) is 8.92 Å². The Labute approximate surface area is 352 Å². The zero-order chi connectivity index (χ0) is 42.4. The van der Waals surface area contributed by atoms with Crippen molar-refractivity contribution in [2.45, 2.75) is 25.7 Å². The number of benzene rings is 2. The second-order valence-corrected chi connectivity index (χ2v) is 19.3. The fraction of sp³-hybridized carbons (Fsp3) is 0.526. The molecule has 2 aromatic carbocycles. The molecule has 58 heavy (non-hydrogen) atoms. The SMILES string of the molecule is NCCNC(=O)CCN(CCNC(=O)c1ccc([Se][Se]c2ccc(C(=O)NCCN(CCC(=O)NCCN)CCC(=O)NCCN)cc2)cc1)CCC(=O)NCCN. The first-order valence-corrected chi connectivity index (χ1v) is 25.6. The van der Waals surface area contributed by atoms with Crippen molar-refractivity contribution in [1.29, 1.82) is 0 Å². The molecular weight excluding hydrogens is 878 g/mol. The van der Waals surface area contributed by atoms with Crippen molar-refractivity contribution in [2.24, 2.45) is 22.9 Å². The van der Waals surface area contributed by atoms with Gasteiger partial charge in [0, 0.05) is 52.4 Å². The molecule has 322 valence electrons. The van der Waals surface area contributed by atoms with Crippen molar-refractivity contribution in [2.75, 3.05) is 105 Å². The molecule has 2 aromatic rings. The monoisotopic (exact) mass is 942 g/mol. The number of nitrogens with two attached hydrogens (primary N) is 4. The van der Waals surface area contributed by atoms with Crippen molar-refractivity contribution in [1.82, 2.24) is 41.7 Å². The molecule has 0 atom stereocenters. The predicted octanol–water partition coefficient (Wildman–Crippen LogP) is -5.12. The van der Waals surface area contributed by atoms with Crippen LogP contribution in [0, 0.1) is 0 Å². The van der Waals surface area contributed by atoms with Gasteiger partial charge in [0.05, 0.1) is 0 Å². The summed E-state index contributed by atoms with van der Waals surface area (Å²) in [6.07, 6.45) is 1.01. The predicted molar refractivity (Wildman–Crippen MR) is 228 cm³/mol. The average molecular weight is 941 g/mol. The minimum Gasteiger partial charge on any atom is -0.355 e. The maximum atomic E-state index is 12.9. The summed E-state index contributed by atoms with van der Waals surface area (Å²) in [4.78, 5) is 78.1. The summed E-state index contributed by atoms with van der Waals surface area (Å²) in [5.41, 5.74) is 22.9. The fourth-order valence-corrected chi connectivity index (χ4v) is 11.2. The van der Waals surface area contributed by atoms with Gasteiger partial charge in [-0.15, -0.1) is 0 Å². The van der Waals surface area contributed by atoms with Gasteiger partial charge in [0.2, 0.25) is 0 Å². The third-order valence-electron chi connectivity index (χ3n) is 8.38. The zero-order valence-corrected chi connectivity index (χ0v) is 36.7. The smallest absolute Gasteiger partial charge is 0.355 e. The van der Waals surface area contributed by atoms with E-state index in [1.807, 2.05) is 58.3 Å². The Morgan fingerprint density at radius 3 is 0.931 bits per heavy atom. The van der Waals surface area contributed by atoms with Gasteiger partial charge in [-0.05, 0) is 0 Å². The molecule has 18 nitrogen and oxygen atoms in total. The van der Waals surface area contributed by atoms with Gasteiger partial charge in [-0.1, -0.05) is 0 Å². The van der Waals surface area contributed by atoms with E-state index < -0.39 is 0 Å². The molecule has 0 aliphatic heterocycles. The topological polar surface area (TPSA) is 285 Å². The molecule has 2 rings (SSSR count). The van der Waals surface area contributed by atoms with Crippen LogP contribution in [0.25, 0.3) is 0 Å². The molecule has 0 unspecified atom stereocenters. The Kier molecular flexibility index (Phi) is 26.9. The van der Waals surface area contributed by atoms with Crippen molar-refractivity contribution >= 4 is 70.6 Å². The molecule has 0 heterocycles. The minimum atomic E-state index is -0.205. The van der Waals surface area contributed by atoms with Crippen LogP contribution in [0.5, 0.6) is 0 Å². The molecule has 14 N–H and O–H groups in total. The van der Waals surface area contributed by atoms with Gasteiger partial charge in [-0.2, -0.15) is 0 Å². The van der Waals surface area contributed by atoms with Crippen LogP contribution in [0.3, 0.4) is 0 Å². The second-order valence-electron chi connectivity index (χ2n) is 13.0. The van der Waals surface area contributed by atoms with Crippen molar-refractivity contribution in [3.63, 3.8) is 0 Å². The Hall–Kier alpha value is -3.94. The normalized spacial score (nSPS) is 10.9. The number of nitrogens with zero attached hydrogens (tertiary/aromatic N) is 2. The fourth-order valence-electron chi connectivity index (χ4n) is 5.19. The molecule has 0 radical (unpaired) electrons. The summed E-state index contributed by atoms with van der Waals surface area (Å²) >= 11 is 0.316. The van der Waals surface area contributed by atoms with Crippen LogP contribution in [0.4, 0.5) is 0 Å². The standard InChI is InChI=1S/C38H62N12O6Se2/c39-13-17-43-33(51)9-23-49(24-10-34(52)44-18-14-40)27-21-47-37(55)29-1-5-31(6-2-29)57-58-32-7-3-30(4-8-32)38(56)48-22-28-50(25-11-35(53)45-19-15-41)26-12-36(54)46-20-16-42/h1-8H,9-28,39-42H2,(H,43,51)(H,44,52)(H,45,53)(H,46,54)(H,47,55)(H,48,56). The number of carbonyl (C=O) groups excluding carboxylic acids is 6. The molecule has 0 aliphatic carbocycles. The Morgan fingerprint density at radius 2 is 0.672 bits per heavy atom. The number of rotatable bonds is 31. The first kappa shape index (κ1) is 50.2. The van der Waals surface area contributed by atoms with E-state index in [-0.39, 0.29) is 87.4 Å². The van der Waals surface area contributed by atoms with Crippen LogP contribution >= 0.6 is 0 Å².